The molecule has 2 aromatic carbocycles. The third kappa shape index (κ3) is 2.79. The zero-order valence-electron chi connectivity index (χ0n) is 16.2. The second kappa shape index (κ2) is 6.84. The first kappa shape index (κ1) is 17.1. The maximum atomic E-state index is 5.48. The van der Waals surface area contributed by atoms with Crippen molar-refractivity contribution >= 4 is 10.9 Å². The molecular formula is C23H24N4O. The van der Waals surface area contributed by atoms with E-state index in [1.54, 1.807) is 7.11 Å². The quantitative estimate of drug-likeness (QED) is 0.560. The van der Waals surface area contributed by atoms with Crippen LogP contribution in [0.2, 0.25) is 0 Å². The predicted molar refractivity (Wildman–Crippen MR) is 111 cm³/mol. The Morgan fingerprint density at radius 2 is 2.07 bits per heavy atom. The third-order valence-corrected chi connectivity index (χ3v) is 5.80. The number of hydrogen-bond donors (Lipinski definition) is 2. The number of aromatic amines is 2. The summed E-state index contributed by atoms with van der Waals surface area (Å²) in [6.45, 7) is 3.95. The maximum Gasteiger partial charge on any atom is 0.121 e. The zero-order chi connectivity index (χ0) is 19.1. The first-order valence-corrected chi connectivity index (χ1v) is 9.71. The summed E-state index contributed by atoms with van der Waals surface area (Å²) in [6, 6.07) is 17.4. The number of aryl methyl sites for hydroxylation is 1. The number of aromatic nitrogens is 3. The van der Waals surface area contributed by atoms with Crippen molar-refractivity contribution in [2.75, 3.05) is 13.7 Å². The fourth-order valence-corrected chi connectivity index (χ4v) is 4.50. The highest BCUT2D eigenvalue weighted by atomic mass is 16.5. The van der Waals surface area contributed by atoms with Crippen LogP contribution >= 0.6 is 0 Å². The maximum absolute atomic E-state index is 5.48. The number of nitrogens with one attached hydrogen (secondary N) is 2. The van der Waals surface area contributed by atoms with Crippen LogP contribution in [0, 0.1) is 6.92 Å². The highest BCUT2D eigenvalue weighted by Crippen LogP contribution is 2.39. The minimum atomic E-state index is 0.170. The summed E-state index contributed by atoms with van der Waals surface area (Å²) in [5.41, 5.74) is 7.53. The van der Waals surface area contributed by atoms with Crippen molar-refractivity contribution in [2.45, 2.75) is 25.9 Å². The summed E-state index contributed by atoms with van der Waals surface area (Å²) >= 11 is 0. The summed E-state index contributed by atoms with van der Waals surface area (Å²) in [5, 5.41) is 8.58. The molecule has 1 aliphatic rings. The van der Waals surface area contributed by atoms with Gasteiger partial charge in [-0.3, -0.25) is 10.00 Å². The van der Waals surface area contributed by atoms with Crippen molar-refractivity contribution in [1.29, 1.82) is 0 Å². The SMILES string of the molecule is COc1ccc([C@H]2c3[nH]c4ccccc4c3CCN2Cc2ccn[nH]2)cc1C. The Balaban J connectivity index is 1.64. The molecule has 2 N–H and O–H groups in total. The van der Waals surface area contributed by atoms with E-state index in [0.717, 1.165) is 36.5 Å². The van der Waals surface area contributed by atoms with Crippen LogP contribution in [-0.4, -0.2) is 33.7 Å². The fraction of sp³-hybridized carbons (Fsp3) is 0.261. The van der Waals surface area contributed by atoms with Crippen LogP contribution in [0.3, 0.4) is 0 Å². The van der Waals surface area contributed by atoms with Gasteiger partial charge in [-0.05, 0) is 48.2 Å². The van der Waals surface area contributed by atoms with Crippen LogP contribution in [0.25, 0.3) is 10.9 Å². The van der Waals surface area contributed by atoms with E-state index in [1.165, 1.54) is 27.7 Å². The van der Waals surface area contributed by atoms with Crippen molar-refractivity contribution in [1.82, 2.24) is 20.1 Å². The summed E-state index contributed by atoms with van der Waals surface area (Å²) in [5.74, 6) is 0.927. The van der Waals surface area contributed by atoms with Crippen molar-refractivity contribution in [3.05, 3.63) is 82.8 Å². The van der Waals surface area contributed by atoms with Gasteiger partial charge < -0.3 is 9.72 Å². The monoisotopic (exact) mass is 372 g/mol. The molecule has 0 fully saturated rings. The molecule has 1 atom stereocenters. The van der Waals surface area contributed by atoms with Gasteiger partial charge in [-0.1, -0.05) is 30.3 Å². The second-order valence-corrected chi connectivity index (χ2v) is 7.50. The van der Waals surface area contributed by atoms with Crippen LogP contribution in [-0.2, 0) is 13.0 Å². The molecule has 0 amide bonds. The van der Waals surface area contributed by atoms with Crippen LogP contribution < -0.4 is 4.74 Å². The molecule has 0 saturated heterocycles. The number of para-hydroxylation sites is 1. The smallest absolute Gasteiger partial charge is 0.121 e. The van der Waals surface area contributed by atoms with E-state index in [2.05, 4.69) is 75.5 Å². The summed E-state index contributed by atoms with van der Waals surface area (Å²) in [6.07, 6.45) is 2.86. The Labute approximate surface area is 164 Å². The van der Waals surface area contributed by atoms with Gasteiger partial charge in [-0.15, -0.1) is 0 Å². The summed E-state index contributed by atoms with van der Waals surface area (Å²) in [4.78, 5) is 6.24. The molecule has 0 unspecified atom stereocenters. The van der Waals surface area contributed by atoms with Gasteiger partial charge in [0.1, 0.15) is 5.75 Å². The van der Waals surface area contributed by atoms with Crippen molar-refractivity contribution in [3.8, 4) is 5.75 Å². The van der Waals surface area contributed by atoms with Gasteiger partial charge in [0.05, 0.1) is 13.2 Å². The highest BCUT2D eigenvalue weighted by Gasteiger charge is 2.32. The van der Waals surface area contributed by atoms with E-state index >= 15 is 0 Å². The summed E-state index contributed by atoms with van der Waals surface area (Å²) < 4.78 is 5.48. The molecule has 1 aliphatic heterocycles. The Hall–Kier alpha value is -3.05. The van der Waals surface area contributed by atoms with E-state index < -0.39 is 0 Å². The number of benzene rings is 2. The van der Waals surface area contributed by atoms with Crippen molar-refractivity contribution in [2.24, 2.45) is 0 Å². The number of ether oxygens (including phenoxy) is 1. The third-order valence-electron chi connectivity index (χ3n) is 5.80. The lowest BCUT2D eigenvalue weighted by Gasteiger charge is -2.36. The van der Waals surface area contributed by atoms with Gasteiger partial charge in [0.2, 0.25) is 0 Å². The molecule has 0 saturated carbocycles. The largest absolute Gasteiger partial charge is 0.496 e. The average molecular weight is 372 g/mol. The van der Waals surface area contributed by atoms with Gasteiger partial charge in [-0.25, -0.2) is 0 Å². The molecule has 4 aromatic rings. The van der Waals surface area contributed by atoms with E-state index in [1.807, 2.05) is 6.20 Å². The molecule has 5 rings (SSSR count). The Morgan fingerprint density at radius 3 is 2.86 bits per heavy atom. The molecule has 0 radical (unpaired) electrons. The molecule has 3 heterocycles. The van der Waals surface area contributed by atoms with E-state index in [0.29, 0.717) is 0 Å². The van der Waals surface area contributed by atoms with Gasteiger partial charge in [0.25, 0.3) is 0 Å². The second-order valence-electron chi connectivity index (χ2n) is 7.50. The number of hydrogen-bond acceptors (Lipinski definition) is 3. The Bertz CT molecular complexity index is 1110. The van der Waals surface area contributed by atoms with Gasteiger partial charge >= 0.3 is 0 Å². The van der Waals surface area contributed by atoms with Crippen molar-refractivity contribution < 1.29 is 4.74 Å². The molecule has 2 aromatic heterocycles. The highest BCUT2D eigenvalue weighted by molar-refractivity contribution is 5.85. The van der Waals surface area contributed by atoms with Crippen LogP contribution in [0.4, 0.5) is 0 Å². The molecule has 28 heavy (non-hydrogen) atoms. The van der Waals surface area contributed by atoms with E-state index in [-0.39, 0.29) is 6.04 Å². The van der Waals surface area contributed by atoms with E-state index in [9.17, 15) is 0 Å². The number of nitrogens with zero attached hydrogens (tertiary/aromatic N) is 2. The zero-order valence-corrected chi connectivity index (χ0v) is 16.2. The number of rotatable bonds is 4. The molecule has 5 nitrogen and oxygen atoms in total. The molecule has 5 heteroatoms. The van der Waals surface area contributed by atoms with Gasteiger partial charge in [-0.2, -0.15) is 5.10 Å². The normalized spacial score (nSPS) is 17.0. The predicted octanol–water partition coefficient (Wildman–Crippen LogP) is 4.36. The van der Waals surface area contributed by atoms with E-state index in [4.69, 9.17) is 4.74 Å². The molecule has 0 aliphatic carbocycles. The molecule has 0 bridgehead atoms. The lowest BCUT2D eigenvalue weighted by atomic mass is 9.91. The van der Waals surface area contributed by atoms with Gasteiger partial charge in [0, 0.05) is 41.6 Å². The topological polar surface area (TPSA) is 56.9 Å². The minimum Gasteiger partial charge on any atom is -0.496 e. The lowest BCUT2D eigenvalue weighted by Crippen LogP contribution is -2.35. The Kier molecular flexibility index (Phi) is 4.17. The van der Waals surface area contributed by atoms with Gasteiger partial charge in [0.15, 0.2) is 0 Å². The Morgan fingerprint density at radius 1 is 1.18 bits per heavy atom. The van der Waals surface area contributed by atoms with Crippen LogP contribution in [0.15, 0.2) is 54.7 Å². The average Bonchev–Trinajstić information content (AvgIpc) is 3.35. The first-order valence-electron chi connectivity index (χ1n) is 9.71. The first-order chi connectivity index (χ1) is 13.7. The molecular weight excluding hydrogens is 348 g/mol. The number of H-pyrrole nitrogens is 2. The van der Waals surface area contributed by atoms with Crippen LogP contribution in [0.5, 0.6) is 5.75 Å². The summed E-state index contributed by atoms with van der Waals surface area (Å²) in [7, 11) is 1.73. The fourth-order valence-electron chi connectivity index (χ4n) is 4.50. The number of fused-ring (bicyclic) bond motifs is 3. The molecule has 0 spiro atoms. The number of methoxy groups -OCH3 is 1. The standard InChI is InChI=1S/C23H24N4O/c1-15-13-16(7-8-21(15)28-2)23-22-19(18-5-3-4-6-20(18)25-22)10-12-27(23)14-17-9-11-24-26-17/h3-9,11,13,23,25H,10,12,14H2,1-2H3,(H,24,26)/t23-/m0/s1. The van der Waals surface area contributed by atoms with Crippen molar-refractivity contribution in [3.63, 3.8) is 0 Å². The molecule has 142 valence electrons. The lowest BCUT2D eigenvalue weighted by molar-refractivity contribution is 0.199. The minimum absolute atomic E-state index is 0.170. The van der Waals surface area contributed by atoms with Crippen LogP contribution in [0.1, 0.15) is 34.1 Å².